The first kappa shape index (κ1) is 8.75. The third-order valence-electron chi connectivity index (χ3n) is 2.15. The van der Waals surface area contributed by atoms with Crippen molar-refractivity contribution >= 4 is 0 Å². The van der Waals surface area contributed by atoms with Crippen molar-refractivity contribution in [3.63, 3.8) is 0 Å². The lowest BCUT2D eigenvalue weighted by molar-refractivity contribution is -0.111. The van der Waals surface area contributed by atoms with E-state index in [2.05, 4.69) is 13.0 Å². The second-order valence-electron chi connectivity index (χ2n) is 2.81. The fourth-order valence-electron chi connectivity index (χ4n) is 1.49. The molecular weight excluding hydrogens is 140 g/mol. The van der Waals surface area contributed by atoms with Crippen LogP contribution >= 0.6 is 0 Å². The lowest BCUT2D eigenvalue weighted by Gasteiger charge is -2.24. The maximum Gasteiger partial charge on any atom is 0.188 e. The first-order valence-corrected chi connectivity index (χ1v) is 4.16. The molecule has 0 N–H and O–H groups in total. The normalized spacial score (nSPS) is 24.1. The minimum atomic E-state index is -0.427. The van der Waals surface area contributed by atoms with Crippen molar-refractivity contribution in [3.8, 4) is 0 Å². The summed E-state index contributed by atoms with van der Waals surface area (Å²) in [5.41, 5.74) is 1.23. The van der Waals surface area contributed by atoms with Crippen LogP contribution in [-0.4, -0.2) is 19.0 Å². The van der Waals surface area contributed by atoms with Crippen molar-refractivity contribution in [3.05, 3.63) is 11.6 Å². The van der Waals surface area contributed by atoms with E-state index in [1.807, 2.05) is 13.8 Å². The van der Waals surface area contributed by atoms with E-state index >= 15 is 0 Å². The molecule has 0 aromatic carbocycles. The molecule has 0 aromatic rings. The average Bonchev–Trinajstić information content (AvgIpc) is 2.39. The Morgan fingerprint density at radius 3 is 2.36 bits per heavy atom. The molecule has 2 heteroatoms. The number of hydrogen-bond acceptors (Lipinski definition) is 2. The van der Waals surface area contributed by atoms with Gasteiger partial charge >= 0.3 is 0 Å². The highest BCUT2D eigenvalue weighted by atomic mass is 16.7. The van der Waals surface area contributed by atoms with Gasteiger partial charge in [-0.25, -0.2) is 0 Å². The molecule has 0 amide bonds. The molecule has 2 nitrogen and oxygen atoms in total. The zero-order valence-electron chi connectivity index (χ0n) is 7.52. The first-order chi connectivity index (χ1) is 5.23. The Labute approximate surface area is 68.2 Å². The van der Waals surface area contributed by atoms with Crippen molar-refractivity contribution in [2.24, 2.45) is 0 Å². The van der Waals surface area contributed by atoms with Crippen LogP contribution in [0.3, 0.4) is 0 Å². The van der Waals surface area contributed by atoms with Gasteiger partial charge in [0.2, 0.25) is 0 Å². The van der Waals surface area contributed by atoms with Crippen LogP contribution in [-0.2, 0) is 9.47 Å². The highest BCUT2D eigenvalue weighted by Gasteiger charge is 2.33. The molecule has 0 atom stereocenters. The fourth-order valence-corrected chi connectivity index (χ4v) is 1.49. The first-order valence-electron chi connectivity index (χ1n) is 4.16. The zero-order chi connectivity index (χ0) is 8.32. The topological polar surface area (TPSA) is 18.5 Å². The molecule has 11 heavy (non-hydrogen) atoms. The predicted octanol–water partition coefficient (Wildman–Crippen LogP) is 2.11. The van der Waals surface area contributed by atoms with Crippen LogP contribution < -0.4 is 0 Å². The molecule has 0 unspecified atom stereocenters. The van der Waals surface area contributed by atoms with Gasteiger partial charge in [-0.05, 0) is 25.8 Å². The summed E-state index contributed by atoms with van der Waals surface area (Å²) in [5, 5.41) is 0. The van der Waals surface area contributed by atoms with E-state index in [1.165, 1.54) is 5.57 Å². The van der Waals surface area contributed by atoms with Gasteiger partial charge in [0, 0.05) is 0 Å². The molecule has 1 heterocycles. The molecule has 1 rings (SSSR count). The zero-order valence-corrected chi connectivity index (χ0v) is 7.52. The minimum Gasteiger partial charge on any atom is -0.344 e. The Balaban J connectivity index is 2.69. The lowest BCUT2D eigenvalue weighted by atomic mass is 10.1. The van der Waals surface area contributed by atoms with Crippen molar-refractivity contribution in [1.82, 2.24) is 0 Å². The van der Waals surface area contributed by atoms with Crippen LogP contribution in [0.2, 0.25) is 0 Å². The lowest BCUT2D eigenvalue weighted by Crippen LogP contribution is -2.27. The SMILES string of the molecule is C/C=C(/CC)C1(C)OCCO1. The summed E-state index contributed by atoms with van der Waals surface area (Å²) in [6.07, 6.45) is 3.07. The van der Waals surface area contributed by atoms with Crippen molar-refractivity contribution in [1.29, 1.82) is 0 Å². The summed E-state index contributed by atoms with van der Waals surface area (Å²) in [7, 11) is 0. The summed E-state index contributed by atoms with van der Waals surface area (Å²) < 4.78 is 11.0. The van der Waals surface area contributed by atoms with E-state index in [4.69, 9.17) is 9.47 Å². The Morgan fingerprint density at radius 2 is 2.00 bits per heavy atom. The highest BCUT2D eigenvalue weighted by Crippen LogP contribution is 2.28. The molecule has 1 aliphatic heterocycles. The van der Waals surface area contributed by atoms with Crippen LogP contribution in [0.15, 0.2) is 11.6 Å². The van der Waals surface area contributed by atoms with Gasteiger partial charge in [-0.15, -0.1) is 0 Å². The van der Waals surface area contributed by atoms with E-state index in [-0.39, 0.29) is 0 Å². The van der Waals surface area contributed by atoms with Crippen LogP contribution in [0, 0.1) is 0 Å². The van der Waals surface area contributed by atoms with E-state index < -0.39 is 5.79 Å². The summed E-state index contributed by atoms with van der Waals surface area (Å²) in [6, 6.07) is 0. The molecule has 0 saturated carbocycles. The molecule has 1 aliphatic rings. The van der Waals surface area contributed by atoms with Gasteiger partial charge in [0.15, 0.2) is 5.79 Å². The molecule has 1 saturated heterocycles. The number of ether oxygens (including phenoxy) is 2. The summed E-state index contributed by atoms with van der Waals surface area (Å²) in [6.45, 7) is 7.56. The molecule has 0 bridgehead atoms. The largest absolute Gasteiger partial charge is 0.344 e. The summed E-state index contributed by atoms with van der Waals surface area (Å²) >= 11 is 0. The predicted molar refractivity (Wildman–Crippen MR) is 44.4 cm³/mol. The Morgan fingerprint density at radius 1 is 1.45 bits per heavy atom. The standard InChI is InChI=1S/C9H16O2/c1-4-8(5-2)9(3)10-6-7-11-9/h4H,5-7H2,1-3H3/b8-4-. The van der Waals surface area contributed by atoms with Crippen LogP contribution in [0.25, 0.3) is 0 Å². The van der Waals surface area contributed by atoms with Gasteiger partial charge in [-0.1, -0.05) is 13.0 Å². The van der Waals surface area contributed by atoms with E-state index in [9.17, 15) is 0 Å². The smallest absolute Gasteiger partial charge is 0.188 e. The number of allylic oxidation sites excluding steroid dienone is 1. The Kier molecular flexibility index (Phi) is 2.68. The summed E-state index contributed by atoms with van der Waals surface area (Å²) in [4.78, 5) is 0. The Hall–Kier alpha value is -0.340. The van der Waals surface area contributed by atoms with Crippen molar-refractivity contribution < 1.29 is 9.47 Å². The molecule has 0 spiro atoms. The van der Waals surface area contributed by atoms with Gasteiger partial charge in [0.05, 0.1) is 13.2 Å². The molecule has 0 aliphatic carbocycles. The third kappa shape index (κ3) is 1.63. The van der Waals surface area contributed by atoms with Gasteiger partial charge in [-0.2, -0.15) is 0 Å². The molecule has 1 fully saturated rings. The monoisotopic (exact) mass is 156 g/mol. The van der Waals surface area contributed by atoms with Gasteiger partial charge in [0.1, 0.15) is 0 Å². The minimum absolute atomic E-state index is 0.427. The van der Waals surface area contributed by atoms with Crippen LogP contribution in [0.4, 0.5) is 0 Å². The molecule has 64 valence electrons. The van der Waals surface area contributed by atoms with Crippen molar-refractivity contribution in [2.75, 3.05) is 13.2 Å². The van der Waals surface area contributed by atoms with E-state index in [0.29, 0.717) is 13.2 Å². The second kappa shape index (κ2) is 3.37. The molecular formula is C9H16O2. The van der Waals surface area contributed by atoms with Crippen molar-refractivity contribution in [2.45, 2.75) is 33.0 Å². The maximum absolute atomic E-state index is 5.49. The third-order valence-corrected chi connectivity index (χ3v) is 2.15. The number of rotatable bonds is 2. The van der Waals surface area contributed by atoms with Crippen LogP contribution in [0.1, 0.15) is 27.2 Å². The summed E-state index contributed by atoms with van der Waals surface area (Å²) in [5.74, 6) is -0.427. The second-order valence-corrected chi connectivity index (χ2v) is 2.81. The highest BCUT2D eigenvalue weighted by molar-refractivity contribution is 5.11. The average molecular weight is 156 g/mol. The van der Waals surface area contributed by atoms with E-state index in [0.717, 1.165) is 6.42 Å². The van der Waals surface area contributed by atoms with Gasteiger partial charge < -0.3 is 9.47 Å². The molecule has 0 radical (unpaired) electrons. The fraction of sp³-hybridized carbons (Fsp3) is 0.778. The Bertz CT molecular complexity index is 155. The maximum atomic E-state index is 5.49. The van der Waals surface area contributed by atoms with Gasteiger partial charge in [0.25, 0.3) is 0 Å². The molecule has 0 aromatic heterocycles. The van der Waals surface area contributed by atoms with E-state index in [1.54, 1.807) is 0 Å². The quantitative estimate of drug-likeness (QED) is 0.570. The number of hydrogen-bond donors (Lipinski definition) is 0. The van der Waals surface area contributed by atoms with Gasteiger partial charge in [-0.3, -0.25) is 0 Å². The van der Waals surface area contributed by atoms with Crippen LogP contribution in [0.5, 0.6) is 0 Å².